The van der Waals surface area contributed by atoms with Crippen LogP contribution in [-0.4, -0.2) is 10.9 Å². The van der Waals surface area contributed by atoms with Gasteiger partial charge in [0.1, 0.15) is 0 Å². The summed E-state index contributed by atoms with van der Waals surface area (Å²) in [7, 11) is 0. The Morgan fingerprint density at radius 3 is 1.82 bits per heavy atom. The van der Waals surface area contributed by atoms with Crippen molar-refractivity contribution < 1.29 is 5.21 Å². The van der Waals surface area contributed by atoms with Crippen LogP contribution >= 0.6 is 0 Å². The second-order valence-electron chi connectivity index (χ2n) is 2.87. The van der Waals surface area contributed by atoms with Gasteiger partial charge < -0.3 is 5.21 Å². The molecular weight excluding hydrogens is 138 g/mol. The van der Waals surface area contributed by atoms with Crippen LogP contribution in [0.2, 0.25) is 0 Å². The molecule has 0 saturated heterocycles. The van der Waals surface area contributed by atoms with Crippen molar-refractivity contribution in [3.05, 3.63) is 0 Å². The summed E-state index contributed by atoms with van der Waals surface area (Å²) < 4.78 is 0. The summed E-state index contributed by atoms with van der Waals surface area (Å²) >= 11 is 0. The van der Waals surface area contributed by atoms with Gasteiger partial charge in [-0.1, -0.05) is 31.8 Å². The lowest BCUT2D eigenvalue weighted by molar-refractivity contribution is 0.315. The summed E-state index contributed by atoms with van der Waals surface area (Å²) in [5.74, 6) is 0. The molecule has 2 heteroatoms. The zero-order chi connectivity index (χ0) is 8.53. The highest BCUT2D eigenvalue weighted by molar-refractivity contribution is 5.83. The van der Waals surface area contributed by atoms with E-state index in [9.17, 15) is 0 Å². The van der Waals surface area contributed by atoms with E-state index in [1.807, 2.05) is 0 Å². The van der Waals surface area contributed by atoms with E-state index < -0.39 is 0 Å². The minimum absolute atomic E-state index is 0.965. The highest BCUT2D eigenvalue weighted by atomic mass is 16.4. The predicted octanol–water partition coefficient (Wildman–Crippen LogP) is 3.20. The Kier molecular flexibility index (Phi) is 7.21. The molecule has 0 heterocycles. The summed E-state index contributed by atoms with van der Waals surface area (Å²) in [5.41, 5.74) is 0.966. The minimum atomic E-state index is 0.965. The summed E-state index contributed by atoms with van der Waals surface area (Å²) in [6, 6.07) is 0. The van der Waals surface area contributed by atoms with E-state index in [1.165, 1.54) is 12.8 Å². The highest BCUT2D eigenvalue weighted by Gasteiger charge is 1.97. The molecule has 1 N–H and O–H groups in total. The molecule has 0 saturated carbocycles. The molecule has 0 aromatic rings. The molecule has 0 fully saturated rings. The molecule has 0 aromatic heterocycles. The smallest absolute Gasteiger partial charge is 0.0570 e. The second kappa shape index (κ2) is 7.58. The van der Waals surface area contributed by atoms with Crippen LogP contribution in [0.5, 0.6) is 0 Å². The van der Waals surface area contributed by atoms with Crippen LogP contribution in [0, 0.1) is 0 Å². The molecule has 2 nitrogen and oxygen atoms in total. The molecule has 0 unspecified atom stereocenters. The number of nitrogens with zero attached hydrogens (tertiary/aromatic N) is 1. The van der Waals surface area contributed by atoms with E-state index in [4.69, 9.17) is 5.21 Å². The van der Waals surface area contributed by atoms with Crippen LogP contribution in [0.25, 0.3) is 0 Å². The van der Waals surface area contributed by atoms with Gasteiger partial charge in [-0.2, -0.15) is 0 Å². The lowest BCUT2D eigenvalue weighted by Gasteiger charge is -2.00. The molecule has 0 radical (unpaired) electrons. The molecule has 0 aliphatic rings. The fourth-order valence-electron chi connectivity index (χ4n) is 0.987. The Bertz CT molecular complexity index is 100. The first kappa shape index (κ1) is 10.5. The monoisotopic (exact) mass is 157 g/mol. The van der Waals surface area contributed by atoms with Gasteiger partial charge in [-0.3, -0.25) is 0 Å². The van der Waals surface area contributed by atoms with E-state index >= 15 is 0 Å². The van der Waals surface area contributed by atoms with Crippen LogP contribution < -0.4 is 0 Å². The zero-order valence-corrected chi connectivity index (χ0v) is 7.64. The standard InChI is InChI=1S/C9H19NO/c1-3-5-7-9(10-11)8-6-4-2/h11H,3-8H2,1-2H3. The summed E-state index contributed by atoms with van der Waals surface area (Å²) in [5, 5.41) is 11.8. The Balaban J connectivity index is 3.43. The molecule has 0 aliphatic carbocycles. The lowest BCUT2D eigenvalue weighted by atomic mass is 10.1. The number of hydrogen-bond acceptors (Lipinski definition) is 2. The number of hydrogen-bond donors (Lipinski definition) is 1. The molecule has 0 bridgehead atoms. The summed E-state index contributed by atoms with van der Waals surface area (Å²) in [6.07, 6.45) is 6.56. The van der Waals surface area contributed by atoms with Crippen LogP contribution in [0.3, 0.4) is 0 Å². The van der Waals surface area contributed by atoms with Crippen molar-refractivity contribution in [1.82, 2.24) is 0 Å². The predicted molar refractivity (Wildman–Crippen MR) is 48.3 cm³/mol. The highest BCUT2D eigenvalue weighted by Crippen LogP contribution is 2.04. The van der Waals surface area contributed by atoms with Gasteiger partial charge in [0.05, 0.1) is 5.71 Å². The number of rotatable bonds is 6. The molecule has 0 aliphatic heterocycles. The topological polar surface area (TPSA) is 32.6 Å². The fourth-order valence-corrected chi connectivity index (χ4v) is 0.987. The molecule has 0 aromatic carbocycles. The van der Waals surface area contributed by atoms with E-state index in [0.717, 1.165) is 31.4 Å². The van der Waals surface area contributed by atoms with Gasteiger partial charge in [0.15, 0.2) is 0 Å². The van der Waals surface area contributed by atoms with Crippen LogP contribution in [0.15, 0.2) is 5.16 Å². The van der Waals surface area contributed by atoms with E-state index in [2.05, 4.69) is 19.0 Å². The largest absolute Gasteiger partial charge is 0.411 e. The molecule has 0 spiro atoms. The zero-order valence-electron chi connectivity index (χ0n) is 7.64. The Morgan fingerprint density at radius 2 is 1.55 bits per heavy atom. The maximum atomic E-state index is 8.57. The van der Waals surface area contributed by atoms with Crippen molar-refractivity contribution in [1.29, 1.82) is 0 Å². The van der Waals surface area contributed by atoms with E-state index in [-0.39, 0.29) is 0 Å². The van der Waals surface area contributed by atoms with Gasteiger partial charge in [0, 0.05) is 0 Å². The van der Waals surface area contributed by atoms with Gasteiger partial charge in [0.2, 0.25) is 0 Å². The molecular formula is C9H19NO. The van der Waals surface area contributed by atoms with Crippen molar-refractivity contribution >= 4 is 5.71 Å². The van der Waals surface area contributed by atoms with Gasteiger partial charge in [-0.25, -0.2) is 0 Å². The van der Waals surface area contributed by atoms with Crippen molar-refractivity contribution in [3.8, 4) is 0 Å². The van der Waals surface area contributed by atoms with Crippen molar-refractivity contribution in [3.63, 3.8) is 0 Å². The van der Waals surface area contributed by atoms with Crippen LogP contribution in [0.1, 0.15) is 52.4 Å². The van der Waals surface area contributed by atoms with Gasteiger partial charge in [-0.05, 0) is 25.7 Å². The second-order valence-corrected chi connectivity index (χ2v) is 2.87. The molecule has 0 amide bonds. The van der Waals surface area contributed by atoms with Crippen molar-refractivity contribution in [2.75, 3.05) is 0 Å². The maximum absolute atomic E-state index is 8.57. The molecule has 0 rings (SSSR count). The average molecular weight is 157 g/mol. The van der Waals surface area contributed by atoms with Gasteiger partial charge in [0.25, 0.3) is 0 Å². The van der Waals surface area contributed by atoms with Crippen molar-refractivity contribution in [2.45, 2.75) is 52.4 Å². The first-order chi connectivity index (χ1) is 5.35. The first-order valence-corrected chi connectivity index (χ1v) is 4.54. The van der Waals surface area contributed by atoms with Crippen LogP contribution in [0.4, 0.5) is 0 Å². The maximum Gasteiger partial charge on any atom is 0.0570 e. The Labute approximate surface area is 69.3 Å². The molecule has 0 atom stereocenters. The fraction of sp³-hybridized carbons (Fsp3) is 0.889. The first-order valence-electron chi connectivity index (χ1n) is 4.54. The Morgan fingerprint density at radius 1 is 1.09 bits per heavy atom. The molecule has 11 heavy (non-hydrogen) atoms. The quantitative estimate of drug-likeness (QED) is 0.358. The number of unbranched alkanes of at least 4 members (excludes halogenated alkanes) is 2. The SMILES string of the molecule is CCCCC(CCCC)=NO. The average Bonchev–Trinajstić information content (AvgIpc) is 2.05. The minimum Gasteiger partial charge on any atom is -0.411 e. The summed E-state index contributed by atoms with van der Waals surface area (Å²) in [4.78, 5) is 0. The van der Waals surface area contributed by atoms with E-state index in [1.54, 1.807) is 0 Å². The summed E-state index contributed by atoms with van der Waals surface area (Å²) in [6.45, 7) is 4.30. The Hall–Kier alpha value is -0.530. The third-order valence-corrected chi connectivity index (χ3v) is 1.78. The number of oxime groups is 1. The van der Waals surface area contributed by atoms with Gasteiger partial charge in [-0.15, -0.1) is 0 Å². The molecule has 66 valence electrons. The third-order valence-electron chi connectivity index (χ3n) is 1.78. The lowest BCUT2D eigenvalue weighted by Crippen LogP contribution is -1.97. The normalized spacial score (nSPS) is 9.64. The van der Waals surface area contributed by atoms with Gasteiger partial charge >= 0.3 is 0 Å². The third kappa shape index (κ3) is 5.89. The van der Waals surface area contributed by atoms with Crippen molar-refractivity contribution in [2.24, 2.45) is 5.16 Å². The van der Waals surface area contributed by atoms with Crippen LogP contribution in [-0.2, 0) is 0 Å². The van der Waals surface area contributed by atoms with E-state index in [0.29, 0.717) is 0 Å².